The Bertz CT molecular complexity index is 885. The number of benzene rings is 1. The van der Waals surface area contributed by atoms with Gasteiger partial charge in [-0.2, -0.15) is 0 Å². The SMILES string of the molecule is Nc1nc2c(s1)CN(C(=O)c1cc3ccc(Cl)cc3[nH]1)CC2. The maximum Gasteiger partial charge on any atom is 0.270 e. The molecule has 5 nitrogen and oxygen atoms in total. The molecule has 0 bridgehead atoms. The van der Waals surface area contributed by atoms with Gasteiger partial charge in [0.1, 0.15) is 5.69 Å². The number of carbonyl (C=O) groups excluding carboxylic acids is 1. The number of H-pyrrole nitrogens is 1. The van der Waals surface area contributed by atoms with E-state index >= 15 is 0 Å². The minimum atomic E-state index is -0.00931. The van der Waals surface area contributed by atoms with E-state index in [0.717, 1.165) is 27.9 Å². The highest BCUT2D eigenvalue weighted by molar-refractivity contribution is 7.15. The Balaban J connectivity index is 1.63. The number of carbonyl (C=O) groups is 1. The molecule has 0 saturated heterocycles. The summed E-state index contributed by atoms with van der Waals surface area (Å²) in [6, 6.07) is 7.42. The monoisotopic (exact) mass is 332 g/mol. The van der Waals surface area contributed by atoms with Crippen LogP contribution >= 0.6 is 22.9 Å². The summed E-state index contributed by atoms with van der Waals surface area (Å²) in [4.78, 5) is 23.0. The largest absolute Gasteiger partial charge is 0.375 e. The van der Waals surface area contributed by atoms with Gasteiger partial charge in [0.15, 0.2) is 5.13 Å². The maximum atomic E-state index is 12.7. The van der Waals surface area contributed by atoms with Gasteiger partial charge in [0, 0.05) is 33.8 Å². The average Bonchev–Trinajstić information content (AvgIpc) is 3.07. The van der Waals surface area contributed by atoms with Crippen LogP contribution in [0.4, 0.5) is 5.13 Å². The first-order valence-corrected chi connectivity index (χ1v) is 8.11. The molecule has 0 radical (unpaired) electrons. The summed E-state index contributed by atoms with van der Waals surface area (Å²) >= 11 is 7.44. The lowest BCUT2D eigenvalue weighted by atomic mass is 10.1. The molecule has 0 spiro atoms. The molecule has 112 valence electrons. The quantitative estimate of drug-likeness (QED) is 0.719. The number of hydrogen-bond acceptors (Lipinski definition) is 4. The van der Waals surface area contributed by atoms with Gasteiger partial charge in [-0.1, -0.05) is 17.7 Å². The zero-order valence-corrected chi connectivity index (χ0v) is 13.2. The number of aromatic nitrogens is 2. The summed E-state index contributed by atoms with van der Waals surface area (Å²) in [6.07, 6.45) is 0.751. The van der Waals surface area contributed by atoms with E-state index in [1.807, 2.05) is 29.2 Å². The van der Waals surface area contributed by atoms with Gasteiger partial charge in [-0.05, 0) is 18.2 Å². The van der Waals surface area contributed by atoms with Gasteiger partial charge in [0.25, 0.3) is 5.91 Å². The van der Waals surface area contributed by atoms with Crippen LogP contribution in [0, 0.1) is 0 Å². The fraction of sp³-hybridized carbons (Fsp3) is 0.200. The molecule has 0 unspecified atom stereocenters. The van der Waals surface area contributed by atoms with Gasteiger partial charge in [-0.25, -0.2) is 4.98 Å². The molecule has 7 heteroatoms. The summed E-state index contributed by atoms with van der Waals surface area (Å²) in [5.74, 6) is -0.00931. The molecule has 4 rings (SSSR count). The van der Waals surface area contributed by atoms with E-state index < -0.39 is 0 Å². The van der Waals surface area contributed by atoms with Gasteiger partial charge in [-0.15, -0.1) is 11.3 Å². The molecule has 0 atom stereocenters. The highest BCUT2D eigenvalue weighted by Crippen LogP contribution is 2.28. The summed E-state index contributed by atoms with van der Waals surface area (Å²) in [5.41, 5.74) is 8.22. The predicted octanol–water partition coefficient (Wildman–Crippen LogP) is 3.06. The summed E-state index contributed by atoms with van der Waals surface area (Å²) in [5, 5.41) is 2.20. The molecule has 1 aliphatic heterocycles. The second kappa shape index (κ2) is 5.00. The van der Waals surface area contributed by atoms with Crippen LogP contribution in [0.3, 0.4) is 0 Å². The summed E-state index contributed by atoms with van der Waals surface area (Å²) < 4.78 is 0. The van der Waals surface area contributed by atoms with Crippen molar-refractivity contribution in [1.29, 1.82) is 0 Å². The second-order valence-corrected chi connectivity index (χ2v) is 6.86. The van der Waals surface area contributed by atoms with Crippen LogP contribution in [0.5, 0.6) is 0 Å². The van der Waals surface area contributed by atoms with E-state index in [0.29, 0.717) is 28.9 Å². The molecule has 1 aliphatic rings. The third-order valence-corrected chi connectivity index (χ3v) is 5.00. The molecule has 0 fully saturated rings. The number of aromatic amines is 1. The zero-order valence-electron chi connectivity index (χ0n) is 11.6. The number of anilines is 1. The molecule has 3 N–H and O–H groups in total. The van der Waals surface area contributed by atoms with Crippen molar-refractivity contribution in [3.05, 3.63) is 45.6 Å². The van der Waals surface area contributed by atoms with E-state index in [-0.39, 0.29) is 5.91 Å². The Labute approximate surface area is 135 Å². The molecular formula is C15H13ClN4OS. The minimum absolute atomic E-state index is 0.00931. The zero-order chi connectivity index (χ0) is 15.3. The van der Waals surface area contributed by atoms with Gasteiger partial charge in [-0.3, -0.25) is 4.79 Å². The summed E-state index contributed by atoms with van der Waals surface area (Å²) in [6.45, 7) is 1.23. The lowest BCUT2D eigenvalue weighted by Gasteiger charge is -2.25. The number of amides is 1. The number of nitrogens with two attached hydrogens (primary N) is 1. The van der Waals surface area contributed by atoms with E-state index in [2.05, 4.69) is 9.97 Å². The normalized spacial score (nSPS) is 14.3. The highest BCUT2D eigenvalue weighted by Gasteiger charge is 2.25. The Morgan fingerprint density at radius 2 is 2.27 bits per heavy atom. The van der Waals surface area contributed by atoms with Crippen molar-refractivity contribution in [2.45, 2.75) is 13.0 Å². The highest BCUT2D eigenvalue weighted by atomic mass is 35.5. The van der Waals surface area contributed by atoms with Crippen molar-refractivity contribution in [1.82, 2.24) is 14.9 Å². The first-order chi connectivity index (χ1) is 10.6. The Morgan fingerprint density at radius 1 is 1.41 bits per heavy atom. The van der Waals surface area contributed by atoms with Crippen LogP contribution < -0.4 is 5.73 Å². The fourth-order valence-corrected chi connectivity index (χ4v) is 3.84. The van der Waals surface area contributed by atoms with E-state index in [4.69, 9.17) is 17.3 Å². The van der Waals surface area contributed by atoms with Crippen molar-refractivity contribution in [2.75, 3.05) is 12.3 Å². The molecule has 3 heterocycles. The van der Waals surface area contributed by atoms with Crippen molar-refractivity contribution >= 4 is 44.9 Å². The van der Waals surface area contributed by atoms with Crippen molar-refractivity contribution in [3.63, 3.8) is 0 Å². The minimum Gasteiger partial charge on any atom is -0.375 e. The number of fused-ring (bicyclic) bond motifs is 2. The molecule has 1 aromatic carbocycles. The van der Waals surface area contributed by atoms with Gasteiger partial charge in [0.05, 0.1) is 12.2 Å². The molecule has 2 aromatic heterocycles. The third kappa shape index (κ3) is 2.24. The number of nitrogens with zero attached hydrogens (tertiary/aromatic N) is 2. The van der Waals surface area contributed by atoms with Crippen molar-refractivity contribution in [2.24, 2.45) is 0 Å². The molecular weight excluding hydrogens is 320 g/mol. The van der Waals surface area contributed by atoms with Crippen LogP contribution in [0.15, 0.2) is 24.3 Å². The number of nitrogens with one attached hydrogen (secondary N) is 1. The molecule has 22 heavy (non-hydrogen) atoms. The van der Waals surface area contributed by atoms with E-state index in [1.54, 1.807) is 0 Å². The van der Waals surface area contributed by atoms with Crippen LogP contribution in [0.25, 0.3) is 10.9 Å². The number of thiazole rings is 1. The maximum absolute atomic E-state index is 12.7. The van der Waals surface area contributed by atoms with Gasteiger partial charge in [0.2, 0.25) is 0 Å². The van der Waals surface area contributed by atoms with Crippen molar-refractivity contribution < 1.29 is 4.79 Å². The molecule has 0 saturated carbocycles. The smallest absolute Gasteiger partial charge is 0.270 e. The number of hydrogen-bond donors (Lipinski definition) is 2. The van der Waals surface area contributed by atoms with Crippen LogP contribution in [-0.4, -0.2) is 27.3 Å². The first-order valence-electron chi connectivity index (χ1n) is 6.92. The number of rotatable bonds is 1. The topological polar surface area (TPSA) is 75.0 Å². The Morgan fingerprint density at radius 3 is 3.14 bits per heavy atom. The first kappa shape index (κ1) is 13.6. The third-order valence-electron chi connectivity index (χ3n) is 3.85. The summed E-state index contributed by atoms with van der Waals surface area (Å²) in [7, 11) is 0. The van der Waals surface area contributed by atoms with E-state index in [9.17, 15) is 4.79 Å². The lowest BCUT2D eigenvalue weighted by Crippen LogP contribution is -2.35. The number of halogens is 1. The Hall–Kier alpha value is -2.05. The van der Waals surface area contributed by atoms with Crippen LogP contribution in [-0.2, 0) is 13.0 Å². The van der Waals surface area contributed by atoms with Crippen LogP contribution in [0.2, 0.25) is 5.02 Å². The number of nitrogen functional groups attached to an aromatic ring is 1. The average molecular weight is 333 g/mol. The van der Waals surface area contributed by atoms with Crippen molar-refractivity contribution in [3.8, 4) is 0 Å². The molecule has 1 amide bonds. The molecule has 3 aromatic rings. The van der Waals surface area contributed by atoms with E-state index in [1.165, 1.54) is 11.3 Å². The fourth-order valence-electron chi connectivity index (χ4n) is 2.77. The molecule has 0 aliphatic carbocycles. The standard InChI is InChI=1S/C15H13ClN4OS/c16-9-2-1-8-5-12(18-11(8)6-9)14(21)20-4-3-10-13(7-20)22-15(17)19-10/h1-2,5-6,18H,3-4,7H2,(H2,17,19). The van der Waals surface area contributed by atoms with Gasteiger partial charge >= 0.3 is 0 Å². The van der Waals surface area contributed by atoms with Gasteiger partial charge < -0.3 is 15.6 Å². The second-order valence-electron chi connectivity index (χ2n) is 5.31. The predicted molar refractivity (Wildman–Crippen MR) is 88.3 cm³/mol. The Kier molecular flexibility index (Phi) is 3.09. The van der Waals surface area contributed by atoms with Crippen LogP contribution in [0.1, 0.15) is 21.1 Å². The lowest BCUT2D eigenvalue weighted by molar-refractivity contribution is 0.0731.